The number of nitrogens with one attached hydrogen (secondary N) is 2. The van der Waals surface area contributed by atoms with Gasteiger partial charge >= 0.3 is 0 Å². The largest absolute Gasteiger partial charge is 0.370 e. The van der Waals surface area contributed by atoms with Crippen molar-refractivity contribution in [2.24, 2.45) is 0 Å². The van der Waals surface area contributed by atoms with Crippen LogP contribution in [0.25, 0.3) is 0 Å². The van der Waals surface area contributed by atoms with Crippen molar-refractivity contribution >= 4 is 45.1 Å². The number of amides is 1. The predicted molar refractivity (Wildman–Crippen MR) is 83.3 cm³/mol. The Hall–Kier alpha value is -1.66. The number of rotatable bonds is 4. The first kappa shape index (κ1) is 14.7. The van der Waals surface area contributed by atoms with Crippen molar-refractivity contribution < 1.29 is 4.79 Å². The van der Waals surface area contributed by atoms with E-state index in [2.05, 4.69) is 36.5 Å². The lowest BCUT2D eigenvalue weighted by atomic mass is 10.2. The Kier molecular flexibility index (Phi) is 4.92. The third-order valence-corrected chi connectivity index (χ3v) is 3.17. The van der Waals surface area contributed by atoms with Gasteiger partial charge in [0.1, 0.15) is 5.82 Å². The first-order chi connectivity index (χ1) is 9.61. The molecule has 0 fully saturated rings. The van der Waals surface area contributed by atoms with Gasteiger partial charge in [-0.05, 0) is 41.1 Å². The number of hydrogen-bond donors (Lipinski definition) is 2. The molecule has 5 nitrogen and oxygen atoms in total. The quantitative estimate of drug-likeness (QED) is 0.880. The molecule has 0 radical (unpaired) electrons. The Morgan fingerprint density at radius 1 is 1.40 bits per heavy atom. The molecule has 2 rings (SSSR count). The zero-order valence-electron chi connectivity index (χ0n) is 10.7. The number of hydrogen-bond acceptors (Lipinski definition) is 4. The molecule has 0 bridgehead atoms. The minimum absolute atomic E-state index is 0.321. The second kappa shape index (κ2) is 6.67. The van der Waals surface area contributed by atoms with Crippen LogP contribution in [0.3, 0.4) is 0 Å². The summed E-state index contributed by atoms with van der Waals surface area (Å²) in [6.07, 6.45) is 3.19. The van der Waals surface area contributed by atoms with Gasteiger partial charge in [-0.2, -0.15) is 0 Å². The Labute approximate surface area is 129 Å². The second-order valence-electron chi connectivity index (χ2n) is 3.87. The number of halogens is 2. The topological polar surface area (TPSA) is 66.9 Å². The maximum Gasteiger partial charge on any atom is 0.260 e. The lowest BCUT2D eigenvalue weighted by molar-refractivity contribution is 0.102. The van der Waals surface area contributed by atoms with Crippen molar-refractivity contribution in [2.75, 3.05) is 17.2 Å². The van der Waals surface area contributed by atoms with E-state index in [1.807, 2.05) is 6.92 Å². The van der Waals surface area contributed by atoms with Crippen LogP contribution in [0.5, 0.6) is 0 Å². The van der Waals surface area contributed by atoms with Crippen LogP contribution in [0, 0.1) is 0 Å². The number of anilines is 2. The standard InChI is InChI=1S/C13H12BrClN4O/c1-2-16-11-9(6-8(14)7-18-11)13(20)19-12-10(15)4-3-5-17-12/h3-7H,2H2,1H3,(H,16,18)(H,17,19,20). The first-order valence-electron chi connectivity index (χ1n) is 5.93. The summed E-state index contributed by atoms with van der Waals surface area (Å²) in [7, 11) is 0. The van der Waals surface area contributed by atoms with Crippen LogP contribution in [0.15, 0.2) is 35.1 Å². The van der Waals surface area contributed by atoms with Crippen LogP contribution in [0.2, 0.25) is 5.02 Å². The van der Waals surface area contributed by atoms with Crippen LogP contribution in [-0.4, -0.2) is 22.4 Å². The molecular weight excluding hydrogens is 344 g/mol. The van der Waals surface area contributed by atoms with Crippen molar-refractivity contribution in [3.63, 3.8) is 0 Å². The van der Waals surface area contributed by atoms with Gasteiger partial charge in [-0.1, -0.05) is 11.6 Å². The van der Waals surface area contributed by atoms with Crippen molar-refractivity contribution in [1.82, 2.24) is 9.97 Å². The van der Waals surface area contributed by atoms with E-state index in [4.69, 9.17) is 11.6 Å². The van der Waals surface area contributed by atoms with Gasteiger partial charge in [-0.3, -0.25) is 4.79 Å². The molecule has 2 aromatic rings. The zero-order chi connectivity index (χ0) is 14.5. The number of nitrogens with zero attached hydrogens (tertiary/aromatic N) is 2. The molecule has 0 spiro atoms. The molecule has 0 saturated carbocycles. The van der Waals surface area contributed by atoms with Gasteiger partial charge in [0.15, 0.2) is 5.82 Å². The van der Waals surface area contributed by atoms with E-state index >= 15 is 0 Å². The monoisotopic (exact) mass is 354 g/mol. The highest BCUT2D eigenvalue weighted by Gasteiger charge is 2.15. The summed E-state index contributed by atoms with van der Waals surface area (Å²) < 4.78 is 0.719. The van der Waals surface area contributed by atoms with Gasteiger partial charge in [0.05, 0.1) is 10.6 Å². The van der Waals surface area contributed by atoms with E-state index in [9.17, 15) is 4.79 Å². The molecule has 2 heterocycles. The molecule has 7 heteroatoms. The van der Waals surface area contributed by atoms with Crippen LogP contribution in [0.1, 0.15) is 17.3 Å². The van der Waals surface area contributed by atoms with E-state index in [1.54, 1.807) is 30.6 Å². The molecule has 0 aliphatic carbocycles. The fourth-order valence-electron chi connectivity index (χ4n) is 1.57. The minimum atomic E-state index is -0.324. The number of pyridine rings is 2. The normalized spacial score (nSPS) is 10.2. The minimum Gasteiger partial charge on any atom is -0.370 e. The Morgan fingerprint density at radius 3 is 2.90 bits per heavy atom. The molecule has 2 N–H and O–H groups in total. The van der Waals surface area contributed by atoms with Crippen molar-refractivity contribution in [3.8, 4) is 0 Å². The molecule has 1 amide bonds. The molecule has 0 unspecified atom stereocenters. The summed E-state index contributed by atoms with van der Waals surface area (Å²) in [5, 5.41) is 6.09. The van der Waals surface area contributed by atoms with Gasteiger partial charge in [0, 0.05) is 23.4 Å². The molecule has 0 aliphatic heterocycles. The zero-order valence-corrected chi connectivity index (χ0v) is 13.0. The van der Waals surface area contributed by atoms with Crippen LogP contribution in [0.4, 0.5) is 11.6 Å². The average molecular weight is 356 g/mol. The highest BCUT2D eigenvalue weighted by atomic mass is 79.9. The van der Waals surface area contributed by atoms with E-state index in [0.717, 1.165) is 4.47 Å². The second-order valence-corrected chi connectivity index (χ2v) is 5.19. The maximum absolute atomic E-state index is 12.3. The highest BCUT2D eigenvalue weighted by molar-refractivity contribution is 9.10. The Morgan fingerprint density at radius 2 is 2.20 bits per heavy atom. The number of carbonyl (C=O) groups excluding carboxylic acids is 1. The molecule has 0 aromatic carbocycles. The van der Waals surface area contributed by atoms with Gasteiger partial charge in [0.2, 0.25) is 0 Å². The number of carbonyl (C=O) groups is 1. The third kappa shape index (κ3) is 3.46. The molecule has 0 atom stereocenters. The Bertz CT molecular complexity index is 636. The van der Waals surface area contributed by atoms with E-state index in [1.165, 1.54) is 0 Å². The number of aromatic nitrogens is 2. The predicted octanol–water partition coefficient (Wildman–Crippen LogP) is 3.58. The van der Waals surface area contributed by atoms with E-state index < -0.39 is 0 Å². The fraction of sp³-hybridized carbons (Fsp3) is 0.154. The summed E-state index contributed by atoms with van der Waals surface area (Å²) in [5.41, 5.74) is 0.419. The summed E-state index contributed by atoms with van der Waals surface area (Å²) in [5.74, 6) is 0.511. The third-order valence-electron chi connectivity index (χ3n) is 2.43. The van der Waals surface area contributed by atoms with Crippen molar-refractivity contribution in [1.29, 1.82) is 0 Å². The smallest absolute Gasteiger partial charge is 0.260 e. The fourth-order valence-corrected chi connectivity index (χ4v) is 2.07. The molecule has 2 aromatic heterocycles. The van der Waals surface area contributed by atoms with E-state index in [-0.39, 0.29) is 5.91 Å². The molecule has 20 heavy (non-hydrogen) atoms. The maximum atomic E-state index is 12.3. The molecular formula is C13H12BrClN4O. The van der Waals surface area contributed by atoms with E-state index in [0.29, 0.717) is 28.8 Å². The lowest BCUT2D eigenvalue weighted by Crippen LogP contribution is -2.16. The first-order valence-corrected chi connectivity index (χ1v) is 7.10. The van der Waals surface area contributed by atoms with Gasteiger partial charge in [0.25, 0.3) is 5.91 Å². The SMILES string of the molecule is CCNc1ncc(Br)cc1C(=O)Nc1ncccc1Cl. The summed E-state index contributed by atoms with van der Waals surface area (Å²) in [6, 6.07) is 5.05. The van der Waals surface area contributed by atoms with Gasteiger partial charge in [-0.15, -0.1) is 0 Å². The molecule has 0 saturated heterocycles. The highest BCUT2D eigenvalue weighted by Crippen LogP contribution is 2.22. The Balaban J connectivity index is 2.29. The van der Waals surface area contributed by atoms with Crippen molar-refractivity contribution in [3.05, 3.63) is 45.7 Å². The lowest BCUT2D eigenvalue weighted by Gasteiger charge is -2.10. The van der Waals surface area contributed by atoms with Crippen LogP contribution in [-0.2, 0) is 0 Å². The average Bonchev–Trinajstić information content (AvgIpc) is 2.43. The van der Waals surface area contributed by atoms with Gasteiger partial charge < -0.3 is 10.6 Å². The van der Waals surface area contributed by atoms with Crippen LogP contribution >= 0.6 is 27.5 Å². The van der Waals surface area contributed by atoms with Crippen molar-refractivity contribution in [2.45, 2.75) is 6.92 Å². The molecule has 104 valence electrons. The summed E-state index contributed by atoms with van der Waals surface area (Å²) >= 11 is 9.27. The summed E-state index contributed by atoms with van der Waals surface area (Å²) in [4.78, 5) is 20.5. The summed E-state index contributed by atoms with van der Waals surface area (Å²) in [6.45, 7) is 2.60. The van der Waals surface area contributed by atoms with Gasteiger partial charge in [-0.25, -0.2) is 9.97 Å². The van der Waals surface area contributed by atoms with Crippen LogP contribution < -0.4 is 10.6 Å². The molecule has 0 aliphatic rings.